The predicted octanol–water partition coefficient (Wildman–Crippen LogP) is 3.54. The molecule has 0 amide bonds. The summed E-state index contributed by atoms with van der Waals surface area (Å²) in [5, 5.41) is 3.46. The molecule has 0 aliphatic heterocycles. The summed E-state index contributed by atoms with van der Waals surface area (Å²) in [6, 6.07) is 5.28. The van der Waals surface area contributed by atoms with Crippen LogP contribution in [-0.2, 0) is 6.42 Å². The molecule has 1 aromatic rings. The highest BCUT2D eigenvalue weighted by Crippen LogP contribution is 2.17. The summed E-state index contributed by atoms with van der Waals surface area (Å²) in [6.07, 6.45) is 2.40. The Hall–Kier alpha value is -0.820. The number of aryl methyl sites for hydroxylation is 4. The molecule has 0 spiro atoms. The fourth-order valence-electron chi connectivity index (χ4n) is 2.11. The molecule has 0 radical (unpaired) electrons. The molecular formula is C15H25N. The van der Waals surface area contributed by atoms with Crippen LogP contribution in [-0.4, -0.2) is 12.6 Å². The largest absolute Gasteiger partial charge is 0.315 e. The third-order valence-corrected chi connectivity index (χ3v) is 3.35. The Bertz CT molecular complexity index is 342. The van der Waals surface area contributed by atoms with E-state index in [2.05, 4.69) is 52.1 Å². The highest BCUT2D eigenvalue weighted by molar-refractivity contribution is 5.36. The monoisotopic (exact) mass is 219 g/mol. The van der Waals surface area contributed by atoms with Crippen molar-refractivity contribution in [1.29, 1.82) is 0 Å². The molecule has 0 aliphatic rings. The number of hydrogen-bond acceptors (Lipinski definition) is 1. The van der Waals surface area contributed by atoms with Crippen LogP contribution in [0, 0.1) is 20.8 Å². The highest BCUT2D eigenvalue weighted by Gasteiger charge is 2.04. The van der Waals surface area contributed by atoms with Crippen molar-refractivity contribution in [3.05, 3.63) is 34.4 Å². The SMILES string of the molecule is CCNC(C)CCc1cc(C)c(C)cc1C. The minimum atomic E-state index is 0.617. The molecule has 90 valence electrons. The number of hydrogen-bond donors (Lipinski definition) is 1. The van der Waals surface area contributed by atoms with Gasteiger partial charge in [-0.15, -0.1) is 0 Å². The minimum absolute atomic E-state index is 0.617. The summed E-state index contributed by atoms with van der Waals surface area (Å²) < 4.78 is 0. The molecule has 1 aromatic carbocycles. The maximum atomic E-state index is 3.46. The first-order valence-electron chi connectivity index (χ1n) is 6.34. The van der Waals surface area contributed by atoms with Gasteiger partial charge in [-0.1, -0.05) is 19.1 Å². The molecule has 0 saturated heterocycles. The van der Waals surface area contributed by atoms with E-state index in [0.717, 1.165) is 6.54 Å². The third-order valence-electron chi connectivity index (χ3n) is 3.35. The van der Waals surface area contributed by atoms with Crippen molar-refractivity contribution in [3.63, 3.8) is 0 Å². The zero-order chi connectivity index (χ0) is 12.1. The number of rotatable bonds is 5. The molecule has 0 bridgehead atoms. The van der Waals surface area contributed by atoms with Gasteiger partial charge in [-0.2, -0.15) is 0 Å². The first-order valence-corrected chi connectivity index (χ1v) is 6.34. The van der Waals surface area contributed by atoms with Crippen LogP contribution in [0.4, 0.5) is 0 Å². The van der Waals surface area contributed by atoms with Gasteiger partial charge in [0.15, 0.2) is 0 Å². The topological polar surface area (TPSA) is 12.0 Å². The molecule has 1 N–H and O–H groups in total. The molecule has 0 aromatic heterocycles. The second-order valence-corrected chi connectivity index (χ2v) is 4.86. The lowest BCUT2D eigenvalue weighted by atomic mass is 9.96. The molecule has 1 unspecified atom stereocenters. The lowest BCUT2D eigenvalue weighted by molar-refractivity contribution is 0.530. The van der Waals surface area contributed by atoms with Crippen LogP contribution in [0.15, 0.2) is 12.1 Å². The van der Waals surface area contributed by atoms with Crippen LogP contribution < -0.4 is 5.32 Å². The van der Waals surface area contributed by atoms with Crippen molar-refractivity contribution in [2.24, 2.45) is 0 Å². The molecule has 1 heteroatoms. The maximum absolute atomic E-state index is 3.46. The van der Waals surface area contributed by atoms with E-state index in [0.29, 0.717) is 6.04 Å². The fraction of sp³-hybridized carbons (Fsp3) is 0.600. The van der Waals surface area contributed by atoms with Crippen LogP contribution in [0.25, 0.3) is 0 Å². The zero-order valence-electron chi connectivity index (χ0n) is 11.4. The van der Waals surface area contributed by atoms with E-state index in [1.807, 2.05) is 0 Å². The molecule has 0 fully saturated rings. The van der Waals surface area contributed by atoms with Gasteiger partial charge in [0.05, 0.1) is 0 Å². The van der Waals surface area contributed by atoms with Crippen molar-refractivity contribution < 1.29 is 0 Å². The molecule has 1 nitrogen and oxygen atoms in total. The van der Waals surface area contributed by atoms with Gasteiger partial charge in [-0.3, -0.25) is 0 Å². The first-order chi connectivity index (χ1) is 7.54. The van der Waals surface area contributed by atoms with Crippen molar-refractivity contribution in [3.8, 4) is 0 Å². The van der Waals surface area contributed by atoms with Crippen molar-refractivity contribution in [2.75, 3.05) is 6.54 Å². The van der Waals surface area contributed by atoms with Gasteiger partial charge >= 0.3 is 0 Å². The Balaban J connectivity index is 2.63. The van der Waals surface area contributed by atoms with E-state index in [1.165, 1.54) is 35.1 Å². The van der Waals surface area contributed by atoms with E-state index in [-0.39, 0.29) is 0 Å². The van der Waals surface area contributed by atoms with E-state index in [9.17, 15) is 0 Å². The average molecular weight is 219 g/mol. The van der Waals surface area contributed by atoms with Gasteiger partial charge in [0, 0.05) is 6.04 Å². The summed E-state index contributed by atoms with van der Waals surface area (Å²) in [4.78, 5) is 0. The van der Waals surface area contributed by atoms with Gasteiger partial charge in [0.25, 0.3) is 0 Å². The van der Waals surface area contributed by atoms with Gasteiger partial charge < -0.3 is 5.32 Å². The number of benzene rings is 1. The standard InChI is InChI=1S/C15H25N/c1-6-16-14(5)7-8-15-10-12(3)11(2)9-13(15)4/h9-10,14,16H,6-8H2,1-5H3. The normalized spacial score (nSPS) is 12.8. The van der Waals surface area contributed by atoms with Gasteiger partial charge in [0.2, 0.25) is 0 Å². The highest BCUT2D eigenvalue weighted by atomic mass is 14.9. The first kappa shape index (κ1) is 13.2. The van der Waals surface area contributed by atoms with Crippen molar-refractivity contribution in [2.45, 2.75) is 53.5 Å². The summed E-state index contributed by atoms with van der Waals surface area (Å²) in [5.74, 6) is 0. The lowest BCUT2D eigenvalue weighted by Gasteiger charge is -2.14. The van der Waals surface area contributed by atoms with Crippen molar-refractivity contribution >= 4 is 0 Å². The zero-order valence-corrected chi connectivity index (χ0v) is 11.4. The molecule has 1 atom stereocenters. The molecule has 0 aliphatic carbocycles. The van der Waals surface area contributed by atoms with Crippen LogP contribution in [0.1, 0.15) is 42.5 Å². The van der Waals surface area contributed by atoms with Gasteiger partial charge in [-0.05, 0) is 69.3 Å². The van der Waals surface area contributed by atoms with Gasteiger partial charge in [-0.25, -0.2) is 0 Å². The molecule has 1 rings (SSSR count). The Kier molecular flexibility index (Phi) is 5.01. The number of nitrogens with one attached hydrogen (secondary N) is 1. The Morgan fingerprint density at radius 1 is 1.06 bits per heavy atom. The maximum Gasteiger partial charge on any atom is 0.00417 e. The molecule has 0 heterocycles. The molecule has 16 heavy (non-hydrogen) atoms. The Labute approximate surface area is 100 Å². The second kappa shape index (κ2) is 6.05. The quantitative estimate of drug-likeness (QED) is 0.798. The average Bonchev–Trinajstić information content (AvgIpc) is 2.22. The summed E-state index contributed by atoms with van der Waals surface area (Å²) in [7, 11) is 0. The van der Waals surface area contributed by atoms with Crippen LogP contribution in [0.2, 0.25) is 0 Å². The smallest absolute Gasteiger partial charge is 0.00417 e. The Morgan fingerprint density at radius 2 is 1.69 bits per heavy atom. The van der Waals surface area contributed by atoms with Crippen LogP contribution in [0.5, 0.6) is 0 Å². The molecular weight excluding hydrogens is 194 g/mol. The second-order valence-electron chi connectivity index (χ2n) is 4.86. The van der Waals surface area contributed by atoms with E-state index < -0.39 is 0 Å². The predicted molar refractivity (Wildman–Crippen MR) is 72.1 cm³/mol. The summed E-state index contributed by atoms with van der Waals surface area (Å²) in [6.45, 7) is 12.1. The van der Waals surface area contributed by atoms with Crippen molar-refractivity contribution in [1.82, 2.24) is 5.32 Å². The van der Waals surface area contributed by atoms with E-state index in [4.69, 9.17) is 0 Å². The third kappa shape index (κ3) is 3.64. The van der Waals surface area contributed by atoms with Gasteiger partial charge in [0.1, 0.15) is 0 Å². The van der Waals surface area contributed by atoms with E-state index >= 15 is 0 Å². The summed E-state index contributed by atoms with van der Waals surface area (Å²) >= 11 is 0. The van der Waals surface area contributed by atoms with Crippen LogP contribution in [0.3, 0.4) is 0 Å². The lowest BCUT2D eigenvalue weighted by Crippen LogP contribution is -2.26. The fourth-order valence-corrected chi connectivity index (χ4v) is 2.11. The minimum Gasteiger partial charge on any atom is -0.315 e. The molecule has 0 saturated carbocycles. The van der Waals surface area contributed by atoms with E-state index in [1.54, 1.807) is 0 Å². The van der Waals surface area contributed by atoms with Crippen LogP contribution >= 0.6 is 0 Å². The summed E-state index contributed by atoms with van der Waals surface area (Å²) in [5.41, 5.74) is 5.76. The Morgan fingerprint density at radius 3 is 2.31 bits per heavy atom.